The van der Waals surface area contributed by atoms with Crippen LogP contribution in [0.25, 0.3) is 0 Å². The molecule has 3 fully saturated rings. The number of hydrogen-bond acceptors (Lipinski definition) is 4. The highest BCUT2D eigenvalue weighted by atomic mass is 16.2. The van der Waals surface area contributed by atoms with Crippen LogP contribution in [0.5, 0.6) is 0 Å². The van der Waals surface area contributed by atoms with Gasteiger partial charge in [-0.15, -0.1) is 0 Å². The summed E-state index contributed by atoms with van der Waals surface area (Å²) in [5.41, 5.74) is 0. The molecule has 0 radical (unpaired) electrons. The van der Waals surface area contributed by atoms with Gasteiger partial charge < -0.3 is 0 Å². The maximum Gasteiger partial charge on any atom is 0.144 e. The Morgan fingerprint density at radius 3 is 1.06 bits per heavy atom. The SMILES string of the molecule is O=C1CC(=O)[C@@H]2C[C@H]3C(=O)CC(=O)[C@H]3C[C@H]12. The third kappa shape index (κ3) is 1.16. The second-order valence-electron chi connectivity index (χ2n) is 5.12. The molecule has 0 aromatic rings. The van der Waals surface area contributed by atoms with E-state index in [1.165, 1.54) is 0 Å². The number of carbonyl (C=O) groups excluding carboxylic acids is 4. The molecule has 0 aromatic heterocycles. The van der Waals surface area contributed by atoms with Crippen LogP contribution in [0, 0.1) is 23.7 Å². The van der Waals surface area contributed by atoms with Crippen molar-refractivity contribution in [1.82, 2.24) is 0 Å². The average molecular weight is 220 g/mol. The van der Waals surface area contributed by atoms with Crippen LogP contribution in [0.2, 0.25) is 0 Å². The quantitative estimate of drug-likeness (QED) is 0.552. The molecule has 0 bridgehead atoms. The molecule has 0 aromatic carbocycles. The van der Waals surface area contributed by atoms with Crippen molar-refractivity contribution >= 4 is 23.1 Å². The molecule has 0 saturated heterocycles. The van der Waals surface area contributed by atoms with Crippen molar-refractivity contribution in [1.29, 1.82) is 0 Å². The molecule has 3 aliphatic carbocycles. The van der Waals surface area contributed by atoms with E-state index in [0.717, 1.165) is 0 Å². The van der Waals surface area contributed by atoms with Gasteiger partial charge >= 0.3 is 0 Å². The van der Waals surface area contributed by atoms with E-state index in [4.69, 9.17) is 0 Å². The van der Waals surface area contributed by atoms with Crippen LogP contribution in [0.4, 0.5) is 0 Å². The van der Waals surface area contributed by atoms with Gasteiger partial charge in [0.15, 0.2) is 0 Å². The Kier molecular flexibility index (Phi) is 1.91. The Balaban J connectivity index is 1.92. The molecular weight excluding hydrogens is 208 g/mol. The first-order valence-electron chi connectivity index (χ1n) is 5.69. The Bertz CT molecular complexity index is 347. The Hall–Kier alpha value is -1.32. The molecule has 0 aliphatic heterocycles. The molecule has 0 heterocycles. The summed E-state index contributed by atoms with van der Waals surface area (Å²) in [5, 5.41) is 0. The maximum absolute atomic E-state index is 11.6. The minimum atomic E-state index is -0.274. The van der Waals surface area contributed by atoms with Crippen molar-refractivity contribution in [2.24, 2.45) is 23.7 Å². The minimum absolute atomic E-state index is 0.0111. The lowest BCUT2D eigenvalue weighted by atomic mass is 9.70. The Morgan fingerprint density at radius 2 is 0.812 bits per heavy atom. The van der Waals surface area contributed by atoms with E-state index in [9.17, 15) is 19.2 Å². The highest BCUT2D eigenvalue weighted by Gasteiger charge is 2.54. The highest BCUT2D eigenvalue weighted by Crippen LogP contribution is 2.47. The predicted molar refractivity (Wildman–Crippen MR) is 52.5 cm³/mol. The van der Waals surface area contributed by atoms with Gasteiger partial charge in [-0.3, -0.25) is 19.2 Å². The van der Waals surface area contributed by atoms with Gasteiger partial charge in [0.05, 0.1) is 12.8 Å². The lowest BCUT2D eigenvalue weighted by Gasteiger charge is -2.30. The van der Waals surface area contributed by atoms with Crippen LogP contribution >= 0.6 is 0 Å². The molecular formula is C12H12O4. The summed E-state index contributed by atoms with van der Waals surface area (Å²) in [6.07, 6.45) is 0.892. The summed E-state index contributed by atoms with van der Waals surface area (Å²) in [6, 6.07) is 0. The molecule has 4 nitrogen and oxygen atoms in total. The van der Waals surface area contributed by atoms with E-state index < -0.39 is 0 Å². The molecule has 0 N–H and O–H groups in total. The van der Waals surface area contributed by atoms with Crippen LogP contribution in [0.3, 0.4) is 0 Å². The number of carbonyl (C=O) groups is 4. The van der Waals surface area contributed by atoms with Crippen LogP contribution < -0.4 is 0 Å². The number of Topliss-reactive ketones (excluding diaryl/α,β-unsaturated/α-hetero) is 4. The second-order valence-corrected chi connectivity index (χ2v) is 5.12. The topological polar surface area (TPSA) is 68.3 Å². The molecule has 3 aliphatic rings. The van der Waals surface area contributed by atoms with Crippen molar-refractivity contribution < 1.29 is 19.2 Å². The van der Waals surface area contributed by atoms with Crippen LogP contribution in [-0.4, -0.2) is 23.1 Å². The molecule has 0 amide bonds. The first-order chi connectivity index (χ1) is 7.58. The molecule has 16 heavy (non-hydrogen) atoms. The average Bonchev–Trinajstić information content (AvgIpc) is 2.67. The first kappa shape index (κ1) is 9.87. The summed E-state index contributed by atoms with van der Waals surface area (Å²) in [7, 11) is 0. The summed E-state index contributed by atoms with van der Waals surface area (Å²) < 4.78 is 0. The van der Waals surface area contributed by atoms with Gasteiger partial charge in [0.25, 0.3) is 0 Å². The van der Waals surface area contributed by atoms with Crippen molar-refractivity contribution in [3.63, 3.8) is 0 Å². The minimum Gasteiger partial charge on any atom is -0.299 e. The van der Waals surface area contributed by atoms with Gasteiger partial charge in [-0.1, -0.05) is 0 Å². The molecule has 3 rings (SSSR count). The summed E-state index contributed by atoms with van der Waals surface area (Å²) >= 11 is 0. The van der Waals surface area contributed by atoms with E-state index in [1.54, 1.807) is 0 Å². The number of hydrogen-bond donors (Lipinski definition) is 0. The summed E-state index contributed by atoms with van der Waals surface area (Å²) in [5.74, 6) is -1.21. The largest absolute Gasteiger partial charge is 0.299 e. The fourth-order valence-electron chi connectivity index (χ4n) is 3.50. The van der Waals surface area contributed by atoms with Gasteiger partial charge in [-0.25, -0.2) is 0 Å². The summed E-state index contributed by atoms with van der Waals surface area (Å²) in [4.78, 5) is 46.3. The molecule has 4 atom stereocenters. The third-order valence-electron chi connectivity index (χ3n) is 4.34. The van der Waals surface area contributed by atoms with E-state index in [2.05, 4.69) is 0 Å². The Labute approximate surface area is 92.4 Å². The maximum atomic E-state index is 11.6. The number of rotatable bonds is 0. The highest BCUT2D eigenvalue weighted by molar-refractivity contribution is 6.12. The summed E-state index contributed by atoms with van der Waals surface area (Å²) in [6.45, 7) is 0. The van der Waals surface area contributed by atoms with Crippen molar-refractivity contribution in [2.75, 3.05) is 0 Å². The fraction of sp³-hybridized carbons (Fsp3) is 0.667. The Morgan fingerprint density at radius 1 is 0.562 bits per heavy atom. The molecule has 84 valence electrons. The monoisotopic (exact) mass is 220 g/mol. The van der Waals surface area contributed by atoms with Crippen molar-refractivity contribution in [3.8, 4) is 0 Å². The van der Waals surface area contributed by atoms with Gasteiger partial charge in [0, 0.05) is 23.7 Å². The second kappa shape index (κ2) is 3.09. The third-order valence-corrected chi connectivity index (χ3v) is 4.34. The normalized spacial score (nSPS) is 42.5. The molecule has 0 unspecified atom stereocenters. The first-order valence-corrected chi connectivity index (χ1v) is 5.69. The van der Waals surface area contributed by atoms with E-state index in [-0.39, 0.29) is 59.6 Å². The van der Waals surface area contributed by atoms with Gasteiger partial charge in [0.1, 0.15) is 23.1 Å². The van der Waals surface area contributed by atoms with E-state index in [0.29, 0.717) is 12.8 Å². The van der Waals surface area contributed by atoms with Gasteiger partial charge in [-0.2, -0.15) is 0 Å². The van der Waals surface area contributed by atoms with E-state index >= 15 is 0 Å². The number of fused-ring (bicyclic) bond motifs is 2. The van der Waals surface area contributed by atoms with Crippen LogP contribution in [0.1, 0.15) is 25.7 Å². The predicted octanol–water partition coefficient (Wildman–Crippen LogP) is 0.329. The number of ketones is 4. The smallest absolute Gasteiger partial charge is 0.144 e. The van der Waals surface area contributed by atoms with Crippen LogP contribution in [-0.2, 0) is 19.2 Å². The molecule has 0 spiro atoms. The fourth-order valence-corrected chi connectivity index (χ4v) is 3.50. The van der Waals surface area contributed by atoms with Gasteiger partial charge in [-0.05, 0) is 12.8 Å². The standard InChI is InChI=1S/C12H12O4/c13-9-3-11(15)7-2-8-6(1-5(7)9)10(14)4-12(8)16/h5-8H,1-4H2/t5-,6-,7+,8+. The van der Waals surface area contributed by atoms with Gasteiger partial charge in [0.2, 0.25) is 0 Å². The zero-order valence-corrected chi connectivity index (χ0v) is 8.77. The lowest BCUT2D eigenvalue weighted by Crippen LogP contribution is -2.35. The molecule has 4 heteroatoms. The van der Waals surface area contributed by atoms with Crippen molar-refractivity contribution in [2.45, 2.75) is 25.7 Å². The lowest BCUT2D eigenvalue weighted by molar-refractivity contribution is -0.129. The van der Waals surface area contributed by atoms with Crippen molar-refractivity contribution in [3.05, 3.63) is 0 Å². The van der Waals surface area contributed by atoms with E-state index in [1.807, 2.05) is 0 Å². The zero-order chi connectivity index (χ0) is 11.4. The zero-order valence-electron chi connectivity index (χ0n) is 8.77. The molecule has 3 saturated carbocycles. The van der Waals surface area contributed by atoms with Crippen LogP contribution in [0.15, 0.2) is 0 Å².